The molecule has 0 unspecified atom stereocenters. The minimum atomic E-state index is -0.907. The van der Waals surface area contributed by atoms with E-state index in [1.165, 1.54) is 10.6 Å². The van der Waals surface area contributed by atoms with Gasteiger partial charge >= 0.3 is 11.2 Å². The van der Waals surface area contributed by atoms with Crippen LogP contribution in [0.3, 0.4) is 0 Å². The molecular formula is C11H14Cl2N2O4. The minimum Gasteiger partial charge on any atom is -0.507 e. The summed E-state index contributed by atoms with van der Waals surface area (Å²) >= 11 is 0. The van der Waals surface area contributed by atoms with E-state index in [9.17, 15) is 19.9 Å². The monoisotopic (exact) mass is 308 g/mol. The summed E-state index contributed by atoms with van der Waals surface area (Å²) in [7, 11) is 0. The summed E-state index contributed by atoms with van der Waals surface area (Å²) in [6.45, 7) is 2.23. The average molecular weight is 309 g/mol. The molecule has 2 rings (SSSR count). The highest BCUT2D eigenvalue weighted by atomic mass is 35.5. The van der Waals surface area contributed by atoms with Gasteiger partial charge in [0.1, 0.15) is 11.1 Å². The highest BCUT2D eigenvalue weighted by molar-refractivity contribution is 5.85. The Balaban J connectivity index is 0.00000162. The number of nitrogens with zero attached hydrogens (tertiary/aromatic N) is 2. The SMILES string of the molecule is CCCn1c(=O)n(O)c(=O)c2c(O)cccc21.Cl.Cl. The first kappa shape index (κ1) is 17.3. The fraction of sp³-hybridized carbons (Fsp3) is 0.273. The largest absolute Gasteiger partial charge is 0.507 e. The second kappa shape index (κ2) is 6.49. The third-order valence-electron chi connectivity index (χ3n) is 2.58. The van der Waals surface area contributed by atoms with E-state index in [2.05, 4.69) is 0 Å². The van der Waals surface area contributed by atoms with Crippen LogP contribution in [0.5, 0.6) is 5.75 Å². The molecule has 1 aromatic heterocycles. The number of phenols is 1. The fourth-order valence-corrected chi connectivity index (χ4v) is 1.82. The highest BCUT2D eigenvalue weighted by Crippen LogP contribution is 2.19. The number of aromatic hydroxyl groups is 1. The van der Waals surface area contributed by atoms with E-state index in [1.54, 1.807) is 12.1 Å². The molecule has 2 N–H and O–H groups in total. The molecule has 0 saturated carbocycles. The van der Waals surface area contributed by atoms with Crippen LogP contribution >= 0.6 is 24.8 Å². The number of hydrogen-bond donors (Lipinski definition) is 2. The van der Waals surface area contributed by atoms with Crippen LogP contribution in [0.2, 0.25) is 0 Å². The minimum absolute atomic E-state index is 0. The molecule has 0 radical (unpaired) electrons. The van der Waals surface area contributed by atoms with E-state index in [4.69, 9.17) is 0 Å². The first-order chi connectivity index (χ1) is 8.07. The van der Waals surface area contributed by atoms with Crippen LogP contribution in [0.15, 0.2) is 27.8 Å². The summed E-state index contributed by atoms with van der Waals surface area (Å²) in [5, 5.41) is 19.0. The summed E-state index contributed by atoms with van der Waals surface area (Å²) in [6, 6.07) is 4.45. The van der Waals surface area contributed by atoms with Crippen LogP contribution in [0.25, 0.3) is 10.9 Å². The number of phenolic OH excluding ortho intramolecular Hbond substituents is 1. The Morgan fingerprint density at radius 3 is 2.42 bits per heavy atom. The van der Waals surface area contributed by atoms with Gasteiger partial charge in [-0.3, -0.25) is 9.36 Å². The standard InChI is InChI=1S/C11H12N2O4.2ClH/c1-2-6-12-7-4-3-5-8(14)9(7)10(15)13(17)11(12)16;;/h3-5,14,17H,2,6H2,1H3;2*1H. The Hall–Kier alpha value is -1.66. The normalized spacial score (nSPS) is 9.74. The number of hydrogen-bond acceptors (Lipinski definition) is 4. The van der Waals surface area contributed by atoms with Crippen LogP contribution in [0.1, 0.15) is 13.3 Å². The Morgan fingerprint density at radius 1 is 1.21 bits per heavy atom. The van der Waals surface area contributed by atoms with Crippen molar-refractivity contribution in [3.05, 3.63) is 39.0 Å². The number of halogens is 2. The Kier molecular flexibility index (Phi) is 5.92. The third-order valence-corrected chi connectivity index (χ3v) is 2.58. The van der Waals surface area contributed by atoms with E-state index in [-0.39, 0.29) is 40.7 Å². The van der Waals surface area contributed by atoms with Gasteiger partial charge in [-0.15, -0.1) is 24.8 Å². The number of aromatic nitrogens is 2. The maximum Gasteiger partial charge on any atom is 0.364 e. The van der Waals surface area contributed by atoms with Crippen LogP contribution in [0, 0.1) is 0 Å². The zero-order chi connectivity index (χ0) is 12.6. The van der Waals surface area contributed by atoms with Gasteiger partial charge in [-0.25, -0.2) is 4.79 Å². The third kappa shape index (κ3) is 2.69. The van der Waals surface area contributed by atoms with E-state index in [1.807, 2.05) is 6.92 Å². The fourth-order valence-electron chi connectivity index (χ4n) is 1.82. The summed E-state index contributed by atoms with van der Waals surface area (Å²) in [5.74, 6) is -0.250. The number of rotatable bonds is 2. The lowest BCUT2D eigenvalue weighted by Gasteiger charge is -2.10. The van der Waals surface area contributed by atoms with Gasteiger partial charge in [-0.05, 0) is 18.6 Å². The van der Waals surface area contributed by atoms with E-state index >= 15 is 0 Å². The van der Waals surface area contributed by atoms with Crippen molar-refractivity contribution in [1.82, 2.24) is 9.30 Å². The van der Waals surface area contributed by atoms with Gasteiger partial charge in [0.15, 0.2) is 0 Å². The molecule has 0 aliphatic carbocycles. The van der Waals surface area contributed by atoms with E-state index in [0.29, 0.717) is 18.5 Å². The Labute approximate surface area is 120 Å². The van der Waals surface area contributed by atoms with Gasteiger partial charge < -0.3 is 10.3 Å². The van der Waals surface area contributed by atoms with Gasteiger partial charge in [0.2, 0.25) is 0 Å². The first-order valence-corrected chi connectivity index (χ1v) is 5.24. The first-order valence-electron chi connectivity index (χ1n) is 5.24. The molecule has 19 heavy (non-hydrogen) atoms. The van der Waals surface area contributed by atoms with Crippen LogP contribution in [0.4, 0.5) is 0 Å². The van der Waals surface area contributed by atoms with Gasteiger partial charge in [0.05, 0.1) is 5.52 Å². The molecule has 0 bridgehead atoms. The quantitative estimate of drug-likeness (QED) is 0.820. The lowest BCUT2D eigenvalue weighted by molar-refractivity contribution is 0.157. The maximum absolute atomic E-state index is 11.7. The Morgan fingerprint density at radius 2 is 1.84 bits per heavy atom. The van der Waals surface area contributed by atoms with Crippen LogP contribution in [-0.4, -0.2) is 19.6 Å². The van der Waals surface area contributed by atoms with Gasteiger partial charge in [-0.1, -0.05) is 17.7 Å². The number of benzene rings is 1. The van der Waals surface area contributed by atoms with Crippen LogP contribution in [-0.2, 0) is 6.54 Å². The predicted octanol–water partition coefficient (Wildman–Crippen LogP) is 1.36. The molecule has 0 aliphatic heterocycles. The van der Waals surface area contributed by atoms with Crippen LogP contribution < -0.4 is 11.2 Å². The average Bonchev–Trinajstić information content (AvgIpc) is 2.31. The Bertz CT molecular complexity index is 693. The molecule has 1 aromatic carbocycles. The van der Waals surface area contributed by atoms with Crippen molar-refractivity contribution >= 4 is 35.7 Å². The molecule has 0 aliphatic rings. The predicted molar refractivity (Wildman–Crippen MR) is 76.1 cm³/mol. The summed E-state index contributed by atoms with van der Waals surface area (Å²) in [6.07, 6.45) is 0.670. The molecule has 0 spiro atoms. The number of aryl methyl sites for hydroxylation is 1. The van der Waals surface area contributed by atoms with Crippen molar-refractivity contribution < 1.29 is 10.3 Å². The zero-order valence-electron chi connectivity index (χ0n) is 10.1. The van der Waals surface area contributed by atoms with Crippen molar-refractivity contribution in [1.29, 1.82) is 0 Å². The molecule has 2 aromatic rings. The molecular weight excluding hydrogens is 295 g/mol. The topological polar surface area (TPSA) is 84.5 Å². The molecule has 0 fully saturated rings. The second-order valence-corrected chi connectivity index (χ2v) is 3.72. The second-order valence-electron chi connectivity index (χ2n) is 3.72. The maximum atomic E-state index is 11.7. The molecule has 0 amide bonds. The summed E-state index contributed by atoms with van der Waals surface area (Å²) in [5.41, 5.74) is -1.38. The van der Waals surface area contributed by atoms with Crippen molar-refractivity contribution in [3.8, 4) is 5.75 Å². The van der Waals surface area contributed by atoms with Crippen molar-refractivity contribution in [2.45, 2.75) is 19.9 Å². The molecule has 106 valence electrons. The number of fused-ring (bicyclic) bond motifs is 1. The van der Waals surface area contributed by atoms with Gasteiger partial charge in [0.25, 0.3) is 0 Å². The van der Waals surface area contributed by atoms with Crippen molar-refractivity contribution in [3.63, 3.8) is 0 Å². The molecule has 0 atom stereocenters. The summed E-state index contributed by atoms with van der Waals surface area (Å²) in [4.78, 5) is 23.4. The van der Waals surface area contributed by atoms with Crippen molar-refractivity contribution in [2.75, 3.05) is 0 Å². The highest BCUT2D eigenvalue weighted by Gasteiger charge is 2.14. The van der Waals surface area contributed by atoms with Crippen molar-refractivity contribution in [2.24, 2.45) is 0 Å². The molecule has 8 heteroatoms. The lowest BCUT2D eigenvalue weighted by Crippen LogP contribution is -2.38. The molecule has 0 saturated heterocycles. The van der Waals surface area contributed by atoms with Gasteiger partial charge in [-0.2, -0.15) is 0 Å². The molecule has 6 nitrogen and oxygen atoms in total. The molecule has 1 heterocycles. The van der Waals surface area contributed by atoms with E-state index < -0.39 is 11.2 Å². The van der Waals surface area contributed by atoms with Gasteiger partial charge in [0, 0.05) is 6.54 Å². The zero-order valence-corrected chi connectivity index (χ0v) is 11.7. The summed E-state index contributed by atoms with van der Waals surface area (Å²) < 4.78 is 1.29. The lowest BCUT2D eigenvalue weighted by atomic mass is 10.2. The smallest absolute Gasteiger partial charge is 0.364 e. The van der Waals surface area contributed by atoms with E-state index in [0.717, 1.165) is 0 Å².